The molecule has 2 rings (SSSR count). The summed E-state index contributed by atoms with van der Waals surface area (Å²) in [4.78, 5) is 21.7. The average Bonchev–Trinajstić information content (AvgIpc) is 2.41. The lowest BCUT2D eigenvalue weighted by atomic mass is 9.97. The highest BCUT2D eigenvalue weighted by atomic mass is 16.4. The van der Waals surface area contributed by atoms with E-state index in [4.69, 9.17) is 5.11 Å². The van der Waals surface area contributed by atoms with Gasteiger partial charge in [0.05, 0.1) is 5.92 Å². The van der Waals surface area contributed by atoms with Crippen LogP contribution >= 0.6 is 0 Å². The number of hydrogen-bond acceptors (Lipinski definition) is 2. The van der Waals surface area contributed by atoms with Crippen LogP contribution in [-0.2, 0) is 9.59 Å². The Morgan fingerprint density at radius 3 is 2.55 bits per heavy atom. The van der Waals surface area contributed by atoms with Crippen LogP contribution in [-0.4, -0.2) is 16.9 Å². The predicted octanol–water partition coefficient (Wildman–Crippen LogP) is 0.462. The van der Waals surface area contributed by atoms with Crippen molar-refractivity contribution in [3.05, 3.63) is 12.2 Å². The lowest BCUT2D eigenvalue weighted by molar-refractivity contribution is -0.143. The highest BCUT2D eigenvalue weighted by molar-refractivity contribution is 5.93. The Morgan fingerprint density at radius 2 is 2.27 bits per heavy atom. The summed E-state index contributed by atoms with van der Waals surface area (Å²) in [5.74, 6) is -1.55. The van der Waals surface area contributed by atoms with Gasteiger partial charge in [0.25, 0.3) is 0 Å². The first kappa shape index (κ1) is 6.58. The number of rotatable bonds is 1. The summed E-state index contributed by atoms with van der Waals surface area (Å²) in [5.41, 5.74) is 0. The Balaban J connectivity index is 2.31. The number of hydrogen-bond donors (Lipinski definition) is 1. The summed E-state index contributed by atoms with van der Waals surface area (Å²) in [6.07, 6.45) is 4.01. The van der Waals surface area contributed by atoms with Crippen molar-refractivity contribution in [2.24, 2.45) is 17.8 Å². The van der Waals surface area contributed by atoms with Crippen molar-refractivity contribution < 1.29 is 14.7 Å². The molecule has 2 aliphatic rings. The minimum Gasteiger partial charge on any atom is -0.481 e. The molecule has 3 unspecified atom stereocenters. The quantitative estimate of drug-likeness (QED) is 0.555. The van der Waals surface area contributed by atoms with Crippen molar-refractivity contribution in [3.8, 4) is 0 Å². The van der Waals surface area contributed by atoms with Crippen LogP contribution in [0.1, 0.15) is 6.42 Å². The Bertz CT molecular complexity index is 254. The SMILES string of the molecule is O=C1CC2C=CC1C2C(=O)O. The van der Waals surface area contributed by atoms with E-state index < -0.39 is 11.9 Å². The third-order valence-electron chi connectivity index (χ3n) is 2.51. The van der Waals surface area contributed by atoms with Crippen molar-refractivity contribution in [1.29, 1.82) is 0 Å². The number of aliphatic carboxylic acids is 1. The Kier molecular flexibility index (Phi) is 1.16. The van der Waals surface area contributed by atoms with E-state index in [9.17, 15) is 9.59 Å². The number of allylic oxidation sites excluding steroid dienone is 2. The fourth-order valence-electron chi connectivity index (χ4n) is 1.98. The first-order valence-electron chi connectivity index (χ1n) is 3.64. The Morgan fingerprint density at radius 1 is 1.55 bits per heavy atom. The lowest BCUT2D eigenvalue weighted by Crippen LogP contribution is -2.20. The monoisotopic (exact) mass is 152 g/mol. The van der Waals surface area contributed by atoms with Gasteiger partial charge >= 0.3 is 5.97 Å². The first-order valence-corrected chi connectivity index (χ1v) is 3.64. The van der Waals surface area contributed by atoms with Gasteiger partial charge in [0.1, 0.15) is 5.78 Å². The van der Waals surface area contributed by atoms with Crippen LogP contribution in [0, 0.1) is 17.8 Å². The third-order valence-corrected chi connectivity index (χ3v) is 2.51. The number of ketones is 1. The second-order valence-electron chi connectivity index (χ2n) is 3.11. The van der Waals surface area contributed by atoms with Gasteiger partial charge in [0.2, 0.25) is 0 Å². The zero-order valence-corrected chi connectivity index (χ0v) is 5.86. The van der Waals surface area contributed by atoms with Crippen molar-refractivity contribution in [3.63, 3.8) is 0 Å². The third kappa shape index (κ3) is 0.737. The van der Waals surface area contributed by atoms with E-state index >= 15 is 0 Å². The van der Waals surface area contributed by atoms with Gasteiger partial charge in [0, 0.05) is 12.3 Å². The molecular weight excluding hydrogens is 144 g/mol. The minimum absolute atomic E-state index is 0.0231. The molecule has 0 spiro atoms. The molecule has 0 aromatic heterocycles. The summed E-state index contributed by atoms with van der Waals surface area (Å²) in [7, 11) is 0. The molecule has 1 saturated carbocycles. The van der Waals surface area contributed by atoms with Crippen LogP contribution in [0.2, 0.25) is 0 Å². The van der Waals surface area contributed by atoms with E-state index in [-0.39, 0.29) is 17.6 Å². The summed E-state index contributed by atoms with van der Waals surface area (Å²) in [6, 6.07) is 0. The molecule has 11 heavy (non-hydrogen) atoms. The summed E-state index contributed by atoms with van der Waals surface area (Å²) in [6.45, 7) is 0. The van der Waals surface area contributed by atoms with Gasteiger partial charge in [0.15, 0.2) is 0 Å². The van der Waals surface area contributed by atoms with Crippen LogP contribution in [0.3, 0.4) is 0 Å². The van der Waals surface area contributed by atoms with E-state index in [1.54, 1.807) is 6.08 Å². The number of carbonyl (C=O) groups excluding carboxylic acids is 1. The first-order chi connectivity index (χ1) is 5.20. The predicted molar refractivity (Wildman–Crippen MR) is 36.9 cm³/mol. The highest BCUT2D eigenvalue weighted by Gasteiger charge is 2.47. The Hall–Kier alpha value is -1.12. The van der Waals surface area contributed by atoms with E-state index in [1.165, 1.54) is 0 Å². The molecule has 0 aromatic carbocycles. The molecule has 3 nitrogen and oxygen atoms in total. The van der Waals surface area contributed by atoms with Crippen molar-refractivity contribution in [1.82, 2.24) is 0 Å². The van der Waals surface area contributed by atoms with Crippen LogP contribution in [0.15, 0.2) is 12.2 Å². The molecule has 0 aliphatic heterocycles. The van der Waals surface area contributed by atoms with Gasteiger partial charge in [-0.15, -0.1) is 0 Å². The molecule has 1 fully saturated rings. The van der Waals surface area contributed by atoms with E-state index in [0.29, 0.717) is 6.42 Å². The highest BCUT2D eigenvalue weighted by Crippen LogP contribution is 2.41. The Labute approximate surface area is 63.7 Å². The van der Waals surface area contributed by atoms with Crippen molar-refractivity contribution >= 4 is 11.8 Å². The topological polar surface area (TPSA) is 54.4 Å². The maximum Gasteiger partial charge on any atom is 0.308 e. The van der Waals surface area contributed by atoms with E-state index in [0.717, 1.165) is 0 Å². The van der Waals surface area contributed by atoms with Gasteiger partial charge < -0.3 is 5.11 Å². The molecule has 58 valence electrons. The maximum atomic E-state index is 11.0. The zero-order chi connectivity index (χ0) is 8.01. The van der Waals surface area contributed by atoms with Crippen LogP contribution in [0.5, 0.6) is 0 Å². The minimum atomic E-state index is -0.837. The number of carboxylic acids is 1. The molecule has 2 aliphatic carbocycles. The van der Waals surface area contributed by atoms with Gasteiger partial charge in [-0.25, -0.2) is 0 Å². The molecule has 0 saturated heterocycles. The van der Waals surface area contributed by atoms with Crippen LogP contribution < -0.4 is 0 Å². The van der Waals surface area contributed by atoms with Gasteiger partial charge in [-0.1, -0.05) is 12.2 Å². The molecule has 3 atom stereocenters. The molecular formula is C8H8O3. The molecule has 2 bridgehead atoms. The fraction of sp³-hybridized carbons (Fsp3) is 0.500. The number of fused-ring (bicyclic) bond motifs is 2. The van der Waals surface area contributed by atoms with Gasteiger partial charge in [-0.05, 0) is 5.92 Å². The van der Waals surface area contributed by atoms with Crippen LogP contribution in [0.25, 0.3) is 0 Å². The molecule has 0 aromatic rings. The molecule has 3 heteroatoms. The lowest BCUT2D eigenvalue weighted by Gasteiger charge is -2.06. The largest absolute Gasteiger partial charge is 0.481 e. The van der Waals surface area contributed by atoms with E-state index in [1.807, 2.05) is 6.08 Å². The fourth-order valence-corrected chi connectivity index (χ4v) is 1.98. The zero-order valence-electron chi connectivity index (χ0n) is 5.86. The summed E-state index contributed by atoms with van der Waals surface area (Å²) < 4.78 is 0. The second kappa shape index (κ2) is 1.94. The average molecular weight is 152 g/mol. The van der Waals surface area contributed by atoms with Crippen molar-refractivity contribution in [2.45, 2.75) is 6.42 Å². The van der Waals surface area contributed by atoms with Gasteiger partial charge in [-0.2, -0.15) is 0 Å². The van der Waals surface area contributed by atoms with Gasteiger partial charge in [-0.3, -0.25) is 9.59 Å². The van der Waals surface area contributed by atoms with E-state index in [2.05, 4.69) is 0 Å². The molecule has 0 radical (unpaired) electrons. The summed E-state index contributed by atoms with van der Waals surface area (Å²) >= 11 is 0. The normalized spacial score (nSPS) is 40.0. The smallest absolute Gasteiger partial charge is 0.308 e. The molecule has 1 N–H and O–H groups in total. The molecule has 0 heterocycles. The number of Topliss-reactive ketones (excluding diaryl/α,β-unsaturated/α-hetero) is 1. The summed E-state index contributed by atoms with van der Waals surface area (Å²) in [5, 5.41) is 8.72. The van der Waals surface area contributed by atoms with Crippen LogP contribution in [0.4, 0.5) is 0 Å². The number of carboxylic acid groups (broad SMARTS) is 1. The maximum absolute atomic E-state index is 11.0. The number of carbonyl (C=O) groups is 2. The van der Waals surface area contributed by atoms with Crippen molar-refractivity contribution in [2.75, 3.05) is 0 Å². The second-order valence-corrected chi connectivity index (χ2v) is 3.11. The standard InChI is InChI=1S/C8H8O3/c9-6-3-4-1-2-5(6)7(4)8(10)11/h1-2,4-5,7H,3H2,(H,10,11). The molecule has 0 amide bonds.